The van der Waals surface area contributed by atoms with Gasteiger partial charge in [0.1, 0.15) is 0 Å². The van der Waals surface area contributed by atoms with Gasteiger partial charge in [-0.15, -0.1) is 0 Å². The molecule has 1 heterocycles. The molecule has 1 fully saturated rings. The van der Waals surface area contributed by atoms with Gasteiger partial charge in [-0.2, -0.15) is 0 Å². The van der Waals surface area contributed by atoms with E-state index in [2.05, 4.69) is 34.5 Å². The molecule has 0 unspecified atom stereocenters. The normalized spacial score (nSPS) is 16.4. The fourth-order valence-electron chi connectivity index (χ4n) is 2.48. The molecule has 0 aliphatic carbocycles. The van der Waals surface area contributed by atoms with Crippen LogP contribution in [0.15, 0.2) is 24.3 Å². The average Bonchev–Trinajstić information content (AvgIpc) is 2.88. The molecule has 1 aromatic carbocycles. The van der Waals surface area contributed by atoms with Crippen LogP contribution in [-0.4, -0.2) is 23.9 Å². The Bertz CT molecular complexity index is 456. The summed E-state index contributed by atoms with van der Waals surface area (Å²) in [7, 11) is 0. The van der Waals surface area contributed by atoms with Crippen LogP contribution in [-0.2, 0) is 17.9 Å². The lowest BCUT2D eigenvalue weighted by Gasteiger charge is -2.18. The summed E-state index contributed by atoms with van der Waals surface area (Å²) in [5, 5.41) is 3.01. The Morgan fingerprint density at radius 1 is 1.20 bits per heavy atom. The largest absolute Gasteiger partial charge is 0.352 e. The predicted molar refractivity (Wildman–Crippen MR) is 82.3 cm³/mol. The molecule has 1 saturated heterocycles. The molecule has 0 atom stereocenters. The molecule has 3 nitrogen and oxygen atoms in total. The minimum Gasteiger partial charge on any atom is -0.352 e. The molecular formula is C17H26N2O. The molecule has 1 N–H and O–H groups in total. The van der Waals surface area contributed by atoms with Crippen molar-refractivity contribution in [1.82, 2.24) is 10.2 Å². The van der Waals surface area contributed by atoms with Crippen molar-refractivity contribution in [3.8, 4) is 0 Å². The van der Waals surface area contributed by atoms with E-state index in [1.165, 1.54) is 37.1 Å². The minimum absolute atomic E-state index is 0.0995. The first-order valence-corrected chi connectivity index (χ1v) is 7.53. The number of carbonyl (C=O) groups excluding carboxylic acids is 1. The van der Waals surface area contributed by atoms with E-state index in [0.29, 0.717) is 6.54 Å². The quantitative estimate of drug-likeness (QED) is 0.915. The Morgan fingerprint density at radius 2 is 1.85 bits per heavy atom. The van der Waals surface area contributed by atoms with Gasteiger partial charge in [-0.25, -0.2) is 0 Å². The van der Waals surface area contributed by atoms with Crippen LogP contribution in [0.1, 0.15) is 44.7 Å². The van der Waals surface area contributed by atoms with Crippen molar-refractivity contribution >= 4 is 5.91 Å². The van der Waals surface area contributed by atoms with E-state index >= 15 is 0 Å². The molecular weight excluding hydrogens is 248 g/mol. The molecule has 110 valence electrons. The number of amides is 1. The highest BCUT2D eigenvalue weighted by atomic mass is 16.2. The molecule has 0 bridgehead atoms. The number of carbonyl (C=O) groups is 1. The van der Waals surface area contributed by atoms with Gasteiger partial charge < -0.3 is 5.32 Å². The maximum Gasteiger partial charge on any atom is 0.225 e. The van der Waals surface area contributed by atoms with Gasteiger partial charge in [0.05, 0.1) is 0 Å². The lowest BCUT2D eigenvalue weighted by atomic mass is 9.95. The summed E-state index contributed by atoms with van der Waals surface area (Å²) < 4.78 is 0. The second kappa shape index (κ2) is 6.40. The van der Waals surface area contributed by atoms with Crippen LogP contribution in [0.3, 0.4) is 0 Å². The van der Waals surface area contributed by atoms with E-state index < -0.39 is 0 Å². The molecule has 3 heteroatoms. The van der Waals surface area contributed by atoms with Crippen LogP contribution in [0, 0.1) is 5.41 Å². The van der Waals surface area contributed by atoms with E-state index in [1.807, 2.05) is 20.8 Å². The van der Waals surface area contributed by atoms with Crippen molar-refractivity contribution < 1.29 is 4.79 Å². The first kappa shape index (κ1) is 15.0. The number of rotatable bonds is 4. The number of nitrogens with zero attached hydrogens (tertiary/aromatic N) is 1. The summed E-state index contributed by atoms with van der Waals surface area (Å²) in [5.41, 5.74) is 2.20. The molecule has 1 amide bonds. The second-order valence-electron chi connectivity index (χ2n) is 6.74. The van der Waals surface area contributed by atoms with E-state index in [4.69, 9.17) is 0 Å². The highest BCUT2D eigenvalue weighted by Gasteiger charge is 2.20. The Labute approximate surface area is 122 Å². The standard InChI is InChI=1S/C17H26N2O/c1-17(2,3)16(20)18-12-14-7-6-8-15(11-14)13-19-9-4-5-10-19/h6-8,11H,4-5,9-10,12-13H2,1-3H3,(H,18,20). The fraction of sp³-hybridized carbons (Fsp3) is 0.588. The number of likely N-dealkylation sites (tertiary alicyclic amines) is 1. The summed E-state index contributed by atoms with van der Waals surface area (Å²) in [5.74, 6) is 0.0995. The Morgan fingerprint density at radius 3 is 2.50 bits per heavy atom. The smallest absolute Gasteiger partial charge is 0.225 e. The highest BCUT2D eigenvalue weighted by molar-refractivity contribution is 5.81. The zero-order chi connectivity index (χ0) is 14.6. The zero-order valence-electron chi connectivity index (χ0n) is 12.9. The maximum absolute atomic E-state index is 11.9. The molecule has 0 spiro atoms. The van der Waals surface area contributed by atoms with E-state index in [0.717, 1.165) is 6.54 Å². The topological polar surface area (TPSA) is 32.3 Å². The molecule has 1 aliphatic heterocycles. The molecule has 20 heavy (non-hydrogen) atoms. The average molecular weight is 274 g/mol. The first-order valence-electron chi connectivity index (χ1n) is 7.53. The van der Waals surface area contributed by atoms with Crippen LogP contribution in [0.4, 0.5) is 0 Å². The molecule has 0 radical (unpaired) electrons. The SMILES string of the molecule is CC(C)(C)C(=O)NCc1cccc(CN2CCCC2)c1. The Balaban J connectivity index is 1.90. The van der Waals surface area contributed by atoms with Gasteiger partial charge in [0.2, 0.25) is 5.91 Å². The van der Waals surface area contributed by atoms with Crippen molar-refractivity contribution in [3.63, 3.8) is 0 Å². The number of hydrogen-bond donors (Lipinski definition) is 1. The molecule has 0 saturated carbocycles. The van der Waals surface area contributed by atoms with Crippen molar-refractivity contribution in [1.29, 1.82) is 0 Å². The van der Waals surface area contributed by atoms with Gasteiger partial charge in [0.25, 0.3) is 0 Å². The molecule has 0 aromatic heterocycles. The van der Waals surface area contributed by atoms with Crippen LogP contribution >= 0.6 is 0 Å². The van der Waals surface area contributed by atoms with Crippen molar-refractivity contribution in [3.05, 3.63) is 35.4 Å². The van der Waals surface area contributed by atoms with Crippen molar-refractivity contribution in [2.75, 3.05) is 13.1 Å². The van der Waals surface area contributed by atoms with Gasteiger partial charge in [0, 0.05) is 18.5 Å². The number of benzene rings is 1. The van der Waals surface area contributed by atoms with E-state index in [9.17, 15) is 4.79 Å². The fourth-order valence-corrected chi connectivity index (χ4v) is 2.48. The van der Waals surface area contributed by atoms with Crippen LogP contribution < -0.4 is 5.32 Å². The predicted octanol–water partition coefficient (Wildman–Crippen LogP) is 2.94. The Hall–Kier alpha value is -1.35. The first-order chi connectivity index (χ1) is 9.45. The zero-order valence-corrected chi connectivity index (χ0v) is 12.9. The lowest BCUT2D eigenvalue weighted by Crippen LogP contribution is -2.34. The molecule has 1 aromatic rings. The summed E-state index contributed by atoms with van der Waals surface area (Å²) in [6.45, 7) is 9.88. The van der Waals surface area contributed by atoms with E-state index in [-0.39, 0.29) is 11.3 Å². The monoisotopic (exact) mass is 274 g/mol. The summed E-state index contributed by atoms with van der Waals surface area (Å²) in [6, 6.07) is 8.55. The lowest BCUT2D eigenvalue weighted by molar-refractivity contribution is -0.128. The van der Waals surface area contributed by atoms with Crippen molar-refractivity contribution in [2.45, 2.75) is 46.7 Å². The third kappa shape index (κ3) is 4.34. The van der Waals surface area contributed by atoms with E-state index in [1.54, 1.807) is 0 Å². The van der Waals surface area contributed by atoms with Gasteiger partial charge in [-0.05, 0) is 37.1 Å². The molecule has 1 aliphatic rings. The maximum atomic E-state index is 11.9. The van der Waals surface area contributed by atoms with Gasteiger partial charge >= 0.3 is 0 Å². The van der Waals surface area contributed by atoms with Crippen LogP contribution in [0.5, 0.6) is 0 Å². The van der Waals surface area contributed by atoms with Crippen molar-refractivity contribution in [2.24, 2.45) is 5.41 Å². The third-order valence-corrected chi connectivity index (χ3v) is 3.73. The summed E-state index contributed by atoms with van der Waals surface area (Å²) in [4.78, 5) is 14.4. The van der Waals surface area contributed by atoms with Gasteiger partial charge in [-0.3, -0.25) is 9.69 Å². The second-order valence-corrected chi connectivity index (χ2v) is 6.74. The summed E-state index contributed by atoms with van der Waals surface area (Å²) >= 11 is 0. The highest BCUT2D eigenvalue weighted by Crippen LogP contribution is 2.15. The van der Waals surface area contributed by atoms with Crippen LogP contribution in [0.2, 0.25) is 0 Å². The number of hydrogen-bond acceptors (Lipinski definition) is 2. The molecule has 2 rings (SSSR count). The van der Waals surface area contributed by atoms with Crippen LogP contribution in [0.25, 0.3) is 0 Å². The number of nitrogens with one attached hydrogen (secondary N) is 1. The van der Waals surface area contributed by atoms with Gasteiger partial charge in [0.15, 0.2) is 0 Å². The summed E-state index contributed by atoms with van der Waals surface area (Å²) in [6.07, 6.45) is 2.64. The third-order valence-electron chi connectivity index (χ3n) is 3.73. The van der Waals surface area contributed by atoms with Gasteiger partial charge in [-0.1, -0.05) is 45.0 Å². The minimum atomic E-state index is -0.326. The Kier molecular flexibility index (Phi) is 4.81.